The van der Waals surface area contributed by atoms with Crippen LogP contribution in [0, 0.1) is 35.5 Å². The van der Waals surface area contributed by atoms with Gasteiger partial charge in [-0.3, -0.25) is 0 Å². The topological polar surface area (TPSA) is 94.5 Å². The van der Waals surface area contributed by atoms with Gasteiger partial charge in [0.2, 0.25) is 0 Å². The van der Waals surface area contributed by atoms with Crippen molar-refractivity contribution in [2.45, 2.75) is 260 Å². The fourth-order valence-corrected chi connectivity index (χ4v) is 13.1. The first-order chi connectivity index (χ1) is 30.4. The largest absolute Gasteiger partial charge is 0.478 e. The molecule has 0 unspecified atom stereocenters. The number of hydrogen-bond donors (Lipinski definition) is 2. The van der Waals surface area contributed by atoms with Crippen LogP contribution in [0.1, 0.15) is 157 Å². The lowest BCUT2D eigenvalue weighted by Gasteiger charge is -2.44. The molecule has 0 aromatic rings. The maximum Gasteiger partial charge on any atom is 0.331 e. The van der Waals surface area contributed by atoms with Crippen LogP contribution in [0.3, 0.4) is 0 Å². The molecule has 0 amide bonds. The van der Waals surface area contributed by atoms with Crippen LogP contribution in [-0.2, 0) is 22.5 Å². The summed E-state index contributed by atoms with van der Waals surface area (Å²) in [6.45, 7) is 65.3. The summed E-state index contributed by atoms with van der Waals surface area (Å²) in [6.07, 6.45) is 18.8. The highest BCUT2D eigenvalue weighted by molar-refractivity contribution is 6.75. The van der Waals surface area contributed by atoms with E-state index in [1.807, 2.05) is 18.2 Å². The molecule has 0 heterocycles. The van der Waals surface area contributed by atoms with Gasteiger partial charge in [-0.15, -0.1) is 0 Å². The average molecular weight is 1020 g/mol. The second kappa shape index (κ2) is 26.7. The molecule has 2 N–H and O–H groups in total. The number of aliphatic hydroxyl groups is 1. The molecule has 0 saturated carbocycles. The van der Waals surface area contributed by atoms with Crippen LogP contribution >= 0.6 is 0 Å². The summed E-state index contributed by atoms with van der Waals surface area (Å²) in [5, 5.41) is 21.3. The fraction of sp³-hybridized carbons (Fsp3) is 0.807. The predicted molar refractivity (Wildman–Crippen MR) is 307 cm³/mol. The molecule has 398 valence electrons. The van der Waals surface area contributed by atoms with Crippen LogP contribution in [-0.4, -0.2) is 80.0 Å². The number of aliphatic hydroxyl groups excluding tert-OH is 1. The molecular formula is C57H112O7Si4. The second-order valence-electron chi connectivity index (χ2n) is 27.2. The number of rotatable bonds is 28. The van der Waals surface area contributed by atoms with Crippen molar-refractivity contribution in [3.05, 3.63) is 60.8 Å². The van der Waals surface area contributed by atoms with Crippen molar-refractivity contribution in [3.8, 4) is 0 Å². The van der Waals surface area contributed by atoms with E-state index in [9.17, 15) is 15.0 Å². The molecule has 0 aliphatic heterocycles. The SMILES string of the molecule is C=CC=C[C@H](C)[C@H](O)[C@@H](C)[C@H](CC[C@H](C)C[C@H](C)[C@@H](O[Si](C)(C)C(C)(C)C)[C@@H](C)C=C[C@H](C[C@H](O[Si](C)(C)C(C)(C)C)[C@H](C)C=CC=C(C)C(=O)O)O[Si](C)(C)C(C)(C)C)O[Si](C)(C)C(C)(C)C. The van der Waals surface area contributed by atoms with E-state index in [0.29, 0.717) is 17.9 Å². The molecule has 11 atom stereocenters. The van der Waals surface area contributed by atoms with E-state index in [2.05, 4.69) is 202 Å². The van der Waals surface area contributed by atoms with Gasteiger partial charge >= 0.3 is 5.97 Å². The predicted octanol–water partition coefficient (Wildman–Crippen LogP) is 17.2. The molecule has 0 rings (SSSR count). The van der Waals surface area contributed by atoms with E-state index >= 15 is 0 Å². The monoisotopic (exact) mass is 1020 g/mol. The van der Waals surface area contributed by atoms with Crippen LogP contribution in [0.2, 0.25) is 72.5 Å². The molecule has 0 saturated heterocycles. The molecule has 0 bridgehead atoms. The number of carboxylic acids is 1. The van der Waals surface area contributed by atoms with E-state index in [0.717, 1.165) is 19.3 Å². The second-order valence-corrected chi connectivity index (χ2v) is 46.2. The van der Waals surface area contributed by atoms with Gasteiger partial charge in [-0.2, -0.15) is 0 Å². The first-order valence-corrected chi connectivity index (χ1v) is 37.9. The third-order valence-corrected chi connectivity index (χ3v) is 34.8. The quantitative estimate of drug-likeness (QED) is 0.0349. The van der Waals surface area contributed by atoms with E-state index < -0.39 is 45.3 Å². The third-order valence-electron chi connectivity index (χ3n) is 16.8. The third kappa shape index (κ3) is 21.5. The average Bonchev–Trinajstić information content (AvgIpc) is 3.16. The van der Waals surface area contributed by atoms with Crippen LogP contribution in [0.25, 0.3) is 0 Å². The maximum atomic E-state index is 11.6. The van der Waals surface area contributed by atoms with Crippen molar-refractivity contribution in [1.29, 1.82) is 0 Å². The highest BCUT2D eigenvalue weighted by atomic mass is 28.4. The van der Waals surface area contributed by atoms with E-state index in [-0.39, 0.29) is 74.2 Å². The number of aliphatic carboxylic acids is 1. The zero-order valence-electron chi connectivity index (χ0n) is 49.4. The number of carboxylic acid groups (broad SMARTS) is 1. The number of allylic oxidation sites excluding steroid dienone is 4. The first-order valence-electron chi connectivity index (χ1n) is 26.3. The van der Waals surface area contributed by atoms with Crippen LogP contribution in [0.15, 0.2) is 60.8 Å². The summed E-state index contributed by atoms with van der Waals surface area (Å²) in [5.74, 6) is -0.101. The van der Waals surface area contributed by atoms with Crippen molar-refractivity contribution < 1.29 is 32.7 Å². The van der Waals surface area contributed by atoms with E-state index in [1.165, 1.54) is 0 Å². The lowest BCUT2D eigenvalue weighted by Crippen LogP contribution is -2.48. The molecule has 11 heteroatoms. The molecule has 0 spiro atoms. The highest BCUT2D eigenvalue weighted by Crippen LogP contribution is 2.44. The molecule has 68 heavy (non-hydrogen) atoms. The molecule has 0 aromatic heterocycles. The van der Waals surface area contributed by atoms with Crippen molar-refractivity contribution in [2.75, 3.05) is 0 Å². The summed E-state index contributed by atoms with van der Waals surface area (Å²) in [7, 11) is -8.76. The Morgan fingerprint density at radius 1 is 0.559 bits per heavy atom. The normalized spacial score (nSPS) is 19.7. The Labute approximate surface area is 426 Å². The summed E-state index contributed by atoms with van der Waals surface area (Å²) < 4.78 is 29.3. The van der Waals surface area contributed by atoms with Crippen LogP contribution in [0.5, 0.6) is 0 Å². The Morgan fingerprint density at radius 2 is 0.985 bits per heavy atom. The summed E-state index contributed by atoms with van der Waals surface area (Å²) in [6, 6.07) is 0. The fourth-order valence-electron chi connectivity index (χ4n) is 7.50. The Balaban J connectivity index is 7.26. The Kier molecular flexibility index (Phi) is 26.2. The molecule has 0 aliphatic carbocycles. The standard InChI is InChI=1S/C57H112O7Si4/c1-29-30-32-43(4)51(58)47(8)49(62-66(23,24)55(12,13)14)38-35-41(2)39-46(7)52(64-68(27,28)57(18,19)20)44(5)36-37-48(61-65(21,22)54(9,10)11)40-50(63-67(25,26)56(15,16)17)42(3)33-31-34-45(6)53(59)60/h29-34,36-37,41-44,46-52,58H,1,35,38-40H2,2-28H3,(H,59,60)/t41-,42+,43-,44-,46-,47-,48+,49-,50-,51-,52-/m0/s1. The van der Waals surface area contributed by atoms with Crippen molar-refractivity contribution in [1.82, 2.24) is 0 Å². The smallest absolute Gasteiger partial charge is 0.331 e. The molecular weight excluding hydrogens is 909 g/mol. The number of carbonyl (C=O) groups is 1. The van der Waals surface area contributed by atoms with Gasteiger partial charge in [0.1, 0.15) is 0 Å². The Morgan fingerprint density at radius 3 is 1.43 bits per heavy atom. The summed E-state index contributed by atoms with van der Waals surface area (Å²) in [4.78, 5) is 11.6. The molecule has 0 aromatic carbocycles. The zero-order valence-corrected chi connectivity index (χ0v) is 53.4. The van der Waals surface area contributed by atoms with Gasteiger partial charge in [0.15, 0.2) is 33.3 Å². The highest BCUT2D eigenvalue weighted by Gasteiger charge is 2.45. The molecule has 0 fully saturated rings. The summed E-state index contributed by atoms with van der Waals surface area (Å²) in [5.41, 5.74) is 0.303. The van der Waals surface area contributed by atoms with E-state index in [1.54, 1.807) is 19.1 Å². The molecule has 0 aliphatic rings. The zero-order chi connectivity index (χ0) is 53.8. The van der Waals surface area contributed by atoms with Gasteiger partial charge in [-0.25, -0.2) is 4.79 Å². The van der Waals surface area contributed by atoms with Gasteiger partial charge in [0.05, 0.1) is 30.5 Å². The van der Waals surface area contributed by atoms with Crippen molar-refractivity contribution >= 4 is 39.2 Å². The Bertz CT molecular complexity index is 1650. The minimum atomic E-state index is -2.24. The first kappa shape index (κ1) is 66.8. The lowest BCUT2D eigenvalue weighted by molar-refractivity contribution is -0.132. The minimum Gasteiger partial charge on any atom is -0.478 e. The van der Waals surface area contributed by atoms with Gasteiger partial charge in [-0.05, 0) is 122 Å². The van der Waals surface area contributed by atoms with Gasteiger partial charge in [0.25, 0.3) is 0 Å². The lowest BCUT2D eigenvalue weighted by atomic mass is 9.82. The van der Waals surface area contributed by atoms with Gasteiger partial charge in [-0.1, -0.05) is 180 Å². The van der Waals surface area contributed by atoms with E-state index in [4.69, 9.17) is 17.7 Å². The minimum absolute atomic E-state index is 0.00558. The summed E-state index contributed by atoms with van der Waals surface area (Å²) >= 11 is 0. The molecule has 0 radical (unpaired) electrons. The maximum absolute atomic E-state index is 11.6. The van der Waals surface area contributed by atoms with Crippen LogP contribution < -0.4 is 0 Å². The number of hydrogen-bond acceptors (Lipinski definition) is 6. The Hall–Kier alpha value is -1.16. The molecule has 7 nitrogen and oxygen atoms in total. The van der Waals surface area contributed by atoms with Gasteiger partial charge in [0, 0.05) is 23.8 Å². The van der Waals surface area contributed by atoms with Crippen LogP contribution in [0.4, 0.5) is 0 Å². The van der Waals surface area contributed by atoms with Crippen molar-refractivity contribution in [2.24, 2.45) is 35.5 Å². The van der Waals surface area contributed by atoms with Gasteiger partial charge < -0.3 is 27.9 Å². The van der Waals surface area contributed by atoms with Crippen molar-refractivity contribution in [3.63, 3.8) is 0 Å².